The van der Waals surface area contributed by atoms with Gasteiger partial charge in [-0.1, -0.05) is 50.6 Å². The highest BCUT2D eigenvalue weighted by molar-refractivity contribution is 5.82. The molecule has 1 aromatic rings. The number of hydrogen-bond acceptors (Lipinski definition) is 3. The largest absolute Gasteiger partial charge is 0.351 e. The minimum atomic E-state index is -0.305. The molecule has 0 saturated heterocycles. The summed E-state index contributed by atoms with van der Waals surface area (Å²) >= 11 is 0. The van der Waals surface area contributed by atoms with E-state index in [1.54, 1.807) is 0 Å². The van der Waals surface area contributed by atoms with E-state index >= 15 is 0 Å². The Morgan fingerprint density at radius 2 is 1.89 bits per heavy atom. The Hall–Kier alpha value is -1.19. The molecule has 0 aromatic heterocycles. The van der Waals surface area contributed by atoms with E-state index in [0.29, 0.717) is 13.0 Å². The number of benzene rings is 1. The van der Waals surface area contributed by atoms with Crippen molar-refractivity contribution >= 4 is 5.78 Å². The number of hydrogen-bond donors (Lipinski definition) is 0. The SMILES string of the molecule is CCCC(=O)[C@@H](CCC)OCOCc1ccccc1. The highest BCUT2D eigenvalue weighted by atomic mass is 16.7. The minimum absolute atomic E-state index is 0.176. The van der Waals surface area contributed by atoms with E-state index in [1.807, 2.05) is 37.3 Å². The van der Waals surface area contributed by atoms with E-state index in [9.17, 15) is 4.79 Å². The van der Waals surface area contributed by atoms with E-state index in [4.69, 9.17) is 9.47 Å². The zero-order valence-electron chi connectivity index (χ0n) is 11.9. The lowest BCUT2D eigenvalue weighted by molar-refractivity contribution is -0.144. The molecule has 0 aliphatic rings. The van der Waals surface area contributed by atoms with Gasteiger partial charge in [0.05, 0.1) is 6.61 Å². The number of ketones is 1. The summed E-state index contributed by atoms with van der Waals surface area (Å²) < 4.78 is 11.0. The highest BCUT2D eigenvalue weighted by Crippen LogP contribution is 2.08. The molecule has 0 aliphatic carbocycles. The molecule has 0 amide bonds. The van der Waals surface area contributed by atoms with Crippen molar-refractivity contribution in [3.63, 3.8) is 0 Å². The van der Waals surface area contributed by atoms with Gasteiger partial charge in [-0.3, -0.25) is 4.79 Å². The fourth-order valence-electron chi connectivity index (χ4n) is 1.87. The third kappa shape index (κ3) is 6.50. The number of ether oxygens (including phenoxy) is 2. The van der Waals surface area contributed by atoms with Crippen molar-refractivity contribution in [1.29, 1.82) is 0 Å². The molecule has 3 heteroatoms. The van der Waals surface area contributed by atoms with Crippen LogP contribution in [0.15, 0.2) is 30.3 Å². The molecule has 1 rings (SSSR count). The molecule has 0 unspecified atom stereocenters. The monoisotopic (exact) mass is 264 g/mol. The van der Waals surface area contributed by atoms with Gasteiger partial charge in [0.1, 0.15) is 12.9 Å². The van der Waals surface area contributed by atoms with Crippen LogP contribution in [0.25, 0.3) is 0 Å². The van der Waals surface area contributed by atoms with E-state index in [1.165, 1.54) is 0 Å². The normalized spacial score (nSPS) is 12.3. The standard InChI is InChI=1S/C16H24O3/c1-3-8-15(17)16(9-4-2)19-13-18-12-14-10-6-5-7-11-14/h5-7,10-11,16H,3-4,8-9,12-13H2,1-2H3/t16-/m1/s1. The summed E-state index contributed by atoms with van der Waals surface area (Å²) in [7, 11) is 0. The first-order chi connectivity index (χ1) is 9.27. The van der Waals surface area contributed by atoms with Gasteiger partial charge in [-0.15, -0.1) is 0 Å². The van der Waals surface area contributed by atoms with Crippen molar-refractivity contribution in [2.45, 2.75) is 52.2 Å². The molecule has 0 fully saturated rings. The van der Waals surface area contributed by atoms with Gasteiger partial charge in [0, 0.05) is 6.42 Å². The third-order valence-corrected chi connectivity index (χ3v) is 2.87. The van der Waals surface area contributed by atoms with Crippen LogP contribution < -0.4 is 0 Å². The van der Waals surface area contributed by atoms with Crippen LogP contribution in [0.2, 0.25) is 0 Å². The lowest BCUT2D eigenvalue weighted by atomic mass is 10.1. The topological polar surface area (TPSA) is 35.5 Å². The molecule has 0 radical (unpaired) electrons. The van der Waals surface area contributed by atoms with Crippen molar-refractivity contribution in [3.8, 4) is 0 Å². The Labute approximate surface area is 115 Å². The van der Waals surface area contributed by atoms with Gasteiger partial charge >= 0.3 is 0 Å². The number of Topliss-reactive ketones (excluding diaryl/α,β-unsaturated/α-hetero) is 1. The summed E-state index contributed by atoms with van der Waals surface area (Å²) in [5, 5.41) is 0. The second-order valence-corrected chi connectivity index (χ2v) is 4.61. The van der Waals surface area contributed by atoms with Crippen molar-refractivity contribution < 1.29 is 14.3 Å². The zero-order valence-corrected chi connectivity index (χ0v) is 11.9. The minimum Gasteiger partial charge on any atom is -0.351 e. The van der Waals surface area contributed by atoms with Crippen LogP contribution in [-0.2, 0) is 20.9 Å². The fraction of sp³-hybridized carbons (Fsp3) is 0.562. The maximum absolute atomic E-state index is 11.8. The van der Waals surface area contributed by atoms with Gasteiger partial charge in [0.15, 0.2) is 5.78 Å². The first kappa shape index (κ1) is 15.9. The van der Waals surface area contributed by atoms with Crippen LogP contribution in [0.1, 0.15) is 45.1 Å². The molecule has 1 atom stereocenters. The van der Waals surface area contributed by atoms with Gasteiger partial charge in [-0.05, 0) is 18.4 Å². The van der Waals surface area contributed by atoms with E-state index in [0.717, 1.165) is 24.8 Å². The third-order valence-electron chi connectivity index (χ3n) is 2.87. The van der Waals surface area contributed by atoms with Crippen LogP contribution in [0.5, 0.6) is 0 Å². The molecular weight excluding hydrogens is 240 g/mol. The first-order valence-electron chi connectivity index (χ1n) is 7.03. The smallest absolute Gasteiger partial charge is 0.161 e. The Morgan fingerprint density at radius 1 is 1.16 bits per heavy atom. The van der Waals surface area contributed by atoms with Crippen LogP contribution in [0.4, 0.5) is 0 Å². The zero-order chi connectivity index (χ0) is 13.9. The van der Waals surface area contributed by atoms with Crippen molar-refractivity contribution in [2.75, 3.05) is 6.79 Å². The molecule has 0 saturated carbocycles. The maximum atomic E-state index is 11.8. The second kappa shape index (κ2) is 9.70. The van der Waals surface area contributed by atoms with Gasteiger partial charge in [-0.2, -0.15) is 0 Å². The summed E-state index contributed by atoms with van der Waals surface area (Å²) in [6.45, 7) is 4.75. The predicted molar refractivity (Wildman–Crippen MR) is 75.8 cm³/mol. The molecule has 0 bridgehead atoms. The Bertz CT molecular complexity index is 348. The van der Waals surface area contributed by atoms with Gasteiger partial charge in [0.2, 0.25) is 0 Å². The lowest BCUT2D eigenvalue weighted by Crippen LogP contribution is -2.25. The molecule has 0 heterocycles. The molecule has 106 valence electrons. The van der Waals surface area contributed by atoms with Gasteiger partial charge in [0.25, 0.3) is 0 Å². The summed E-state index contributed by atoms with van der Waals surface area (Å²) in [5.74, 6) is 0.188. The lowest BCUT2D eigenvalue weighted by Gasteiger charge is -2.15. The summed E-state index contributed by atoms with van der Waals surface area (Å²) in [6, 6.07) is 9.94. The highest BCUT2D eigenvalue weighted by Gasteiger charge is 2.16. The predicted octanol–water partition coefficient (Wildman–Crippen LogP) is 3.72. The molecule has 1 aromatic carbocycles. The van der Waals surface area contributed by atoms with Gasteiger partial charge < -0.3 is 9.47 Å². The Morgan fingerprint density at radius 3 is 2.53 bits per heavy atom. The van der Waals surface area contributed by atoms with E-state index < -0.39 is 0 Å². The fourth-order valence-corrected chi connectivity index (χ4v) is 1.87. The average molecular weight is 264 g/mol. The summed E-state index contributed by atoms with van der Waals surface area (Å²) in [5.41, 5.74) is 1.11. The Kier molecular flexibility index (Phi) is 8.10. The molecule has 0 spiro atoms. The molecule has 3 nitrogen and oxygen atoms in total. The van der Waals surface area contributed by atoms with E-state index in [2.05, 4.69) is 6.92 Å². The molecule has 19 heavy (non-hydrogen) atoms. The molecule has 0 aliphatic heterocycles. The first-order valence-corrected chi connectivity index (χ1v) is 7.03. The molecular formula is C16H24O3. The maximum Gasteiger partial charge on any atom is 0.161 e. The van der Waals surface area contributed by atoms with Crippen LogP contribution in [0, 0.1) is 0 Å². The van der Waals surface area contributed by atoms with Crippen LogP contribution in [0.3, 0.4) is 0 Å². The van der Waals surface area contributed by atoms with Gasteiger partial charge in [-0.25, -0.2) is 0 Å². The summed E-state index contributed by atoms with van der Waals surface area (Å²) in [6.07, 6.45) is 2.86. The van der Waals surface area contributed by atoms with Crippen molar-refractivity contribution in [1.82, 2.24) is 0 Å². The van der Waals surface area contributed by atoms with Crippen LogP contribution >= 0.6 is 0 Å². The summed E-state index contributed by atoms with van der Waals surface area (Å²) in [4.78, 5) is 11.8. The van der Waals surface area contributed by atoms with Crippen molar-refractivity contribution in [2.24, 2.45) is 0 Å². The van der Waals surface area contributed by atoms with Crippen molar-refractivity contribution in [3.05, 3.63) is 35.9 Å². The van der Waals surface area contributed by atoms with E-state index in [-0.39, 0.29) is 18.7 Å². The number of carbonyl (C=O) groups excluding carboxylic acids is 1. The second-order valence-electron chi connectivity index (χ2n) is 4.61. The Balaban J connectivity index is 2.26. The molecule has 0 N–H and O–H groups in total. The number of rotatable bonds is 10. The number of carbonyl (C=O) groups is 1. The van der Waals surface area contributed by atoms with Crippen LogP contribution in [-0.4, -0.2) is 18.7 Å². The quantitative estimate of drug-likeness (QED) is 0.477. The average Bonchev–Trinajstić information content (AvgIpc) is 2.43.